The van der Waals surface area contributed by atoms with E-state index in [4.69, 9.17) is 4.74 Å². The Labute approximate surface area is 179 Å². The summed E-state index contributed by atoms with van der Waals surface area (Å²) in [6.07, 6.45) is 6.89. The van der Waals surface area contributed by atoms with Crippen molar-refractivity contribution in [3.8, 4) is 16.9 Å². The van der Waals surface area contributed by atoms with Crippen molar-refractivity contribution >= 4 is 29.0 Å². The Hall–Kier alpha value is -3.88. The number of nitrogens with one attached hydrogen (secondary N) is 3. The number of methoxy groups -OCH3 is 1. The van der Waals surface area contributed by atoms with Crippen molar-refractivity contribution < 1.29 is 14.3 Å². The summed E-state index contributed by atoms with van der Waals surface area (Å²) >= 11 is 0. The van der Waals surface area contributed by atoms with E-state index in [0.29, 0.717) is 28.5 Å². The number of rotatable bonds is 7. The number of amides is 2. The first-order valence-corrected chi connectivity index (χ1v) is 9.96. The predicted octanol–water partition coefficient (Wildman–Crippen LogP) is 2.94. The van der Waals surface area contributed by atoms with Crippen molar-refractivity contribution in [2.45, 2.75) is 12.8 Å². The number of carbonyl (C=O) groups excluding carboxylic acids is 2. The number of nitrogens with zero attached hydrogens (tertiary/aromatic N) is 3. The first-order chi connectivity index (χ1) is 15.0. The fourth-order valence-corrected chi connectivity index (χ4v) is 3.30. The minimum absolute atomic E-state index is 0.0492. The number of benzene rings is 1. The molecule has 4 rings (SSSR count). The van der Waals surface area contributed by atoms with Crippen LogP contribution in [0.5, 0.6) is 5.75 Å². The molecule has 9 heteroatoms. The largest absolute Gasteiger partial charge is 0.494 e. The predicted molar refractivity (Wildman–Crippen MR) is 117 cm³/mol. The highest BCUT2D eigenvalue weighted by molar-refractivity contribution is 6.01. The second-order valence-electron chi connectivity index (χ2n) is 7.37. The van der Waals surface area contributed by atoms with E-state index in [1.165, 1.54) is 6.20 Å². The molecule has 0 aliphatic heterocycles. The van der Waals surface area contributed by atoms with Gasteiger partial charge in [-0.15, -0.1) is 0 Å². The molecule has 3 N–H and O–H groups in total. The van der Waals surface area contributed by atoms with Crippen molar-refractivity contribution in [3.05, 3.63) is 48.4 Å². The van der Waals surface area contributed by atoms with E-state index in [0.717, 1.165) is 24.0 Å². The number of ether oxygens (including phenoxy) is 1. The van der Waals surface area contributed by atoms with Gasteiger partial charge in [-0.25, -0.2) is 4.98 Å². The number of anilines is 3. The maximum Gasteiger partial charge on any atom is 0.254 e. The van der Waals surface area contributed by atoms with Gasteiger partial charge < -0.3 is 20.7 Å². The second kappa shape index (κ2) is 8.47. The molecule has 160 valence electrons. The van der Waals surface area contributed by atoms with Crippen molar-refractivity contribution in [1.82, 2.24) is 20.1 Å². The molecule has 2 aromatic heterocycles. The van der Waals surface area contributed by atoms with Crippen molar-refractivity contribution in [2.75, 3.05) is 24.8 Å². The third-order valence-electron chi connectivity index (χ3n) is 5.08. The molecular weight excluding hydrogens is 396 g/mol. The van der Waals surface area contributed by atoms with Crippen molar-refractivity contribution in [2.24, 2.45) is 13.0 Å². The molecule has 1 fully saturated rings. The van der Waals surface area contributed by atoms with Gasteiger partial charge in [-0.1, -0.05) is 12.1 Å². The molecule has 1 aromatic carbocycles. The van der Waals surface area contributed by atoms with Crippen LogP contribution in [0.25, 0.3) is 11.1 Å². The van der Waals surface area contributed by atoms with Gasteiger partial charge in [0.25, 0.3) is 5.91 Å². The lowest BCUT2D eigenvalue weighted by Crippen LogP contribution is -2.20. The fraction of sp³-hybridized carbons (Fsp3) is 0.273. The monoisotopic (exact) mass is 420 g/mol. The van der Waals surface area contributed by atoms with E-state index in [9.17, 15) is 9.59 Å². The van der Waals surface area contributed by atoms with Crippen LogP contribution in [0.4, 0.5) is 17.2 Å². The molecule has 0 radical (unpaired) electrons. The zero-order valence-electron chi connectivity index (χ0n) is 17.6. The summed E-state index contributed by atoms with van der Waals surface area (Å²) in [4.78, 5) is 28.8. The summed E-state index contributed by atoms with van der Waals surface area (Å²) in [5, 5.41) is 12.9. The van der Waals surface area contributed by atoms with Crippen LogP contribution in [0.1, 0.15) is 23.2 Å². The number of para-hydroxylation sites is 1. The van der Waals surface area contributed by atoms with E-state index < -0.39 is 0 Å². The lowest BCUT2D eigenvalue weighted by Gasteiger charge is -2.17. The molecular formula is C22H24N6O3. The SMILES string of the molecule is CNC(=O)c1cnc(NC(=O)C2CC2)cc1Nc1cccc(-c2cnn(C)c2)c1OC. The van der Waals surface area contributed by atoms with Gasteiger partial charge >= 0.3 is 0 Å². The summed E-state index contributed by atoms with van der Waals surface area (Å²) in [5.74, 6) is 0.695. The smallest absolute Gasteiger partial charge is 0.254 e. The molecule has 0 saturated heterocycles. The van der Waals surface area contributed by atoms with E-state index >= 15 is 0 Å². The fourth-order valence-electron chi connectivity index (χ4n) is 3.30. The van der Waals surface area contributed by atoms with Gasteiger partial charge in [0.2, 0.25) is 5.91 Å². The van der Waals surface area contributed by atoms with Crippen LogP contribution in [0, 0.1) is 5.92 Å². The van der Waals surface area contributed by atoms with Gasteiger partial charge in [0.15, 0.2) is 0 Å². The average molecular weight is 420 g/mol. The summed E-state index contributed by atoms with van der Waals surface area (Å²) in [6, 6.07) is 7.34. The van der Waals surface area contributed by atoms with E-state index in [2.05, 4.69) is 26.0 Å². The quantitative estimate of drug-likeness (QED) is 0.542. The van der Waals surface area contributed by atoms with Crippen LogP contribution in [0.2, 0.25) is 0 Å². The van der Waals surface area contributed by atoms with Gasteiger partial charge in [0.05, 0.1) is 30.2 Å². The summed E-state index contributed by atoms with van der Waals surface area (Å²) in [7, 11) is 4.99. The first kappa shape index (κ1) is 20.4. The molecule has 9 nitrogen and oxygen atoms in total. The lowest BCUT2D eigenvalue weighted by atomic mass is 10.1. The van der Waals surface area contributed by atoms with Gasteiger partial charge in [-0.3, -0.25) is 14.3 Å². The molecule has 0 unspecified atom stereocenters. The number of aromatic nitrogens is 3. The molecule has 3 aromatic rings. The molecule has 1 saturated carbocycles. The Morgan fingerprint density at radius 2 is 2.00 bits per heavy atom. The standard InChI is InChI=1S/C22H24N6O3/c1-23-22(30)16-11-24-19(27-21(29)13-7-8-13)9-18(16)26-17-6-4-5-15(20(17)31-3)14-10-25-28(2)12-14/h4-6,9-13H,7-8H2,1-3H3,(H,23,30)(H2,24,26,27,29). The number of hydrogen-bond acceptors (Lipinski definition) is 6. The topological polar surface area (TPSA) is 110 Å². The molecule has 2 amide bonds. The zero-order chi connectivity index (χ0) is 22.0. The van der Waals surface area contributed by atoms with E-state index in [1.807, 2.05) is 31.4 Å². The summed E-state index contributed by atoms with van der Waals surface area (Å²) in [6.45, 7) is 0. The molecule has 31 heavy (non-hydrogen) atoms. The third kappa shape index (κ3) is 4.35. The minimum atomic E-state index is -0.294. The van der Waals surface area contributed by atoms with Crippen LogP contribution in [-0.4, -0.2) is 40.7 Å². The summed E-state index contributed by atoms with van der Waals surface area (Å²) in [5.41, 5.74) is 3.28. The Morgan fingerprint density at radius 3 is 2.65 bits per heavy atom. The molecule has 2 heterocycles. The lowest BCUT2D eigenvalue weighted by molar-refractivity contribution is -0.117. The van der Waals surface area contributed by atoms with Crippen LogP contribution < -0.4 is 20.7 Å². The number of hydrogen-bond donors (Lipinski definition) is 3. The highest BCUT2D eigenvalue weighted by Gasteiger charge is 2.30. The number of carbonyl (C=O) groups is 2. The Kier molecular flexibility index (Phi) is 5.57. The van der Waals surface area contributed by atoms with Gasteiger partial charge in [-0.05, 0) is 18.9 Å². The molecule has 1 aliphatic carbocycles. The normalized spacial score (nSPS) is 12.9. The Balaban J connectivity index is 1.71. The third-order valence-corrected chi connectivity index (χ3v) is 5.08. The Morgan fingerprint density at radius 1 is 1.19 bits per heavy atom. The highest BCUT2D eigenvalue weighted by atomic mass is 16.5. The number of pyridine rings is 1. The average Bonchev–Trinajstić information content (AvgIpc) is 3.54. The van der Waals surface area contributed by atoms with Crippen LogP contribution in [0.3, 0.4) is 0 Å². The maximum atomic E-state index is 12.4. The van der Waals surface area contributed by atoms with Crippen molar-refractivity contribution in [1.29, 1.82) is 0 Å². The molecule has 0 spiro atoms. The van der Waals surface area contributed by atoms with Gasteiger partial charge in [0, 0.05) is 49.6 Å². The van der Waals surface area contributed by atoms with Gasteiger partial charge in [0.1, 0.15) is 11.6 Å². The highest BCUT2D eigenvalue weighted by Crippen LogP contribution is 2.38. The summed E-state index contributed by atoms with van der Waals surface area (Å²) < 4.78 is 7.41. The second-order valence-corrected chi connectivity index (χ2v) is 7.37. The van der Waals surface area contributed by atoms with Crippen LogP contribution in [0.15, 0.2) is 42.9 Å². The Bertz CT molecular complexity index is 1140. The van der Waals surface area contributed by atoms with Crippen LogP contribution in [-0.2, 0) is 11.8 Å². The van der Waals surface area contributed by atoms with Crippen molar-refractivity contribution in [3.63, 3.8) is 0 Å². The zero-order valence-corrected chi connectivity index (χ0v) is 17.6. The maximum absolute atomic E-state index is 12.4. The molecule has 0 atom stereocenters. The van der Waals surface area contributed by atoms with Gasteiger partial charge in [-0.2, -0.15) is 5.10 Å². The van der Waals surface area contributed by atoms with Crippen LogP contribution >= 0.6 is 0 Å². The first-order valence-electron chi connectivity index (χ1n) is 9.96. The van der Waals surface area contributed by atoms with E-state index in [1.54, 1.807) is 31.1 Å². The minimum Gasteiger partial charge on any atom is -0.494 e. The molecule has 0 bridgehead atoms. The molecule has 1 aliphatic rings. The van der Waals surface area contributed by atoms with E-state index in [-0.39, 0.29) is 17.7 Å². The number of aryl methyl sites for hydroxylation is 1.